The molecular weight excluding hydrogens is 278 g/mol. The molecule has 0 radical (unpaired) electrons. The summed E-state index contributed by atoms with van der Waals surface area (Å²) in [5, 5.41) is 4.43. The Hall–Kier alpha value is -0.530. The molecule has 0 saturated heterocycles. The molecule has 1 N–H and O–H groups in total. The summed E-state index contributed by atoms with van der Waals surface area (Å²) in [6, 6.07) is 8.45. The first-order chi connectivity index (χ1) is 10.2. The van der Waals surface area contributed by atoms with E-state index in [1.54, 1.807) is 0 Å². The molecule has 1 aromatic rings. The predicted octanol–water partition coefficient (Wildman–Crippen LogP) is 6.03. The molecule has 21 heavy (non-hydrogen) atoms. The minimum absolute atomic E-state index is 0.607. The lowest BCUT2D eigenvalue weighted by molar-refractivity contribution is 0.376. The van der Waals surface area contributed by atoms with Gasteiger partial charge in [-0.15, -0.1) is 0 Å². The van der Waals surface area contributed by atoms with Crippen LogP contribution in [0.2, 0.25) is 5.02 Å². The first kappa shape index (κ1) is 18.5. The molecule has 0 aliphatic rings. The first-order valence-corrected chi connectivity index (χ1v) is 9.05. The van der Waals surface area contributed by atoms with E-state index in [2.05, 4.69) is 38.2 Å². The van der Waals surface area contributed by atoms with Crippen LogP contribution in [0.4, 0.5) is 0 Å². The van der Waals surface area contributed by atoms with E-state index in [1.165, 1.54) is 44.1 Å². The third-order valence-corrected chi connectivity index (χ3v) is 4.57. The number of rotatable bonds is 11. The third kappa shape index (κ3) is 7.33. The van der Waals surface area contributed by atoms with Crippen molar-refractivity contribution in [2.75, 3.05) is 13.1 Å². The van der Waals surface area contributed by atoms with Gasteiger partial charge in [0.15, 0.2) is 0 Å². The van der Waals surface area contributed by atoms with E-state index in [-0.39, 0.29) is 0 Å². The Kier molecular flexibility index (Phi) is 9.78. The molecule has 0 saturated carbocycles. The van der Waals surface area contributed by atoms with Gasteiger partial charge in [-0.3, -0.25) is 0 Å². The Balaban J connectivity index is 2.68. The molecular formula is C19H32ClN. The van der Waals surface area contributed by atoms with Gasteiger partial charge in [-0.05, 0) is 48.9 Å². The Bertz CT molecular complexity index is 360. The van der Waals surface area contributed by atoms with Gasteiger partial charge in [-0.25, -0.2) is 0 Å². The van der Waals surface area contributed by atoms with Crippen molar-refractivity contribution < 1.29 is 0 Å². The van der Waals surface area contributed by atoms with E-state index in [0.29, 0.717) is 5.92 Å². The molecule has 0 aliphatic heterocycles. The summed E-state index contributed by atoms with van der Waals surface area (Å²) in [6.45, 7) is 9.03. The second-order valence-electron chi connectivity index (χ2n) is 6.10. The van der Waals surface area contributed by atoms with Crippen molar-refractivity contribution in [3.05, 3.63) is 34.9 Å². The van der Waals surface area contributed by atoms with E-state index < -0.39 is 0 Å². The molecule has 2 atom stereocenters. The maximum absolute atomic E-state index is 6.03. The predicted molar refractivity (Wildman–Crippen MR) is 95.3 cm³/mol. The molecule has 2 heteroatoms. The highest BCUT2D eigenvalue weighted by atomic mass is 35.5. The number of nitrogens with one attached hydrogen (secondary N) is 1. The zero-order valence-electron chi connectivity index (χ0n) is 14.0. The number of benzene rings is 1. The van der Waals surface area contributed by atoms with Crippen molar-refractivity contribution in [2.24, 2.45) is 5.92 Å². The second kappa shape index (κ2) is 11.1. The van der Waals surface area contributed by atoms with Crippen LogP contribution in [0.5, 0.6) is 0 Å². The van der Waals surface area contributed by atoms with E-state index >= 15 is 0 Å². The highest BCUT2D eigenvalue weighted by molar-refractivity contribution is 6.30. The molecule has 0 fully saturated rings. The Morgan fingerprint density at radius 3 is 2.33 bits per heavy atom. The standard InChI is InChI=1S/C19H32ClN/c1-4-7-8-16(6-3)14-18(15-21-13-5-2)17-9-11-19(20)12-10-17/h9-12,16,18,21H,4-8,13-15H2,1-3H3. The van der Waals surface area contributed by atoms with Crippen molar-refractivity contribution in [3.8, 4) is 0 Å². The topological polar surface area (TPSA) is 12.0 Å². The molecule has 1 rings (SSSR count). The summed E-state index contributed by atoms with van der Waals surface area (Å²) in [6.07, 6.45) is 7.79. The van der Waals surface area contributed by atoms with Crippen LogP contribution >= 0.6 is 11.6 Å². The van der Waals surface area contributed by atoms with Crippen molar-refractivity contribution in [1.29, 1.82) is 0 Å². The van der Waals surface area contributed by atoms with E-state index in [0.717, 1.165) is 24.0 Å². The molecule has 0 spiro atoms. The van der Waals surface area contributed by atoms with Gasteiger partial charge >= 0.3 is 0 Å². The highest BCUT2D eigenvalue weighted by Gasteiger charge is 2.16. The zero-order valence-corrected chi connectivity index (χ0v) is 14.8. The molecule has 0 bridgehead atoms. The van der Waals surface area contributed by atoms with Gasteiger partial charge < -0.3 is 5.32 Å². The van der Waals surface area contributed by atoms with Crippen molar-refractivity contribution in [1.82, 2.24) is 5.32 Å². The summed E-state index contributed by atoms with van der Waals surface area (Å²) in [5.41, 5.74) is 1.43. The van der Waals surface area contributed by atoms with Gasteiger partial charge in [0, 0.05) is 11.6 Å². The Labute approximate surface area is 136 Å². The molecule has 0 aromatic heterocycles. The highest BCUT2D eigenvalue weighted by Crippen LogP contribution is 2.29. The summed E-state index contributed by atoms with van der Waals surface area (Å²) in [7, 11) is 0. The first-order valence-electron chi connectivity index (χ1n) is 8.67. The molecule has 1 nitrogen and oxygen atoms in total. The quantitative estimate of drug-likeness (QED) is 0.492. The van der Waals surface area contributed by atoms with Crippen LogP contribution in [-0.2, 0) is 0 Å². The molecule has 120 valence electrons. The van der Waals surface area contributed by atoms with E-state index in [4.69, 9.17) is 11.6 Å². The molecule has 0 amide bonds. The number of halogens is 1. The van der Waals surface area contributed by atoms with Gasteiger partial charge in [0.2, 0.25) is 0 Å². The van der Waals surface area contributed by atoms with Crippen molar-refractivity contribution in [2.45, 2.75) is 65.2 Å². The lowest BCUT2D eigenvalue weighted by Crippen LogP contribution is -2.24. The van der Waals surface area contributed by atoms with Gasteiger partial charge in [-0.1, -0.05) is 70.2 Å². The fourth-order valence-corrected chi connectivity index (χ4v) is 3.04. The van der Waals surface area contributed by atoms with Crippen LogP contribution in [0, 0.1) is 5.92 Å². The number of hydrogen-bond acceptors (Lipinski definition) is 1. The SMILES string of the molecule is CCCCC(CC)CC(CNCCC)c1ccc(Cl)cc1. The fourth-order valence-electron chi connectivity index (χ4n) is 2.91. The van der Waals surface area contributed by atoms with Crippen LogP contribution < -0.4 is 5.32 Å². The lowest BCUT2D eigenvalue weighted by atomic mass is 9.85. The lowest BCUT2D eigenvalue weighted by Gasteiger charge is -2.24. The van der Waals surface area contributed by atoms with E-state index in [1.807, 2.05) is 12.1 Å². The Morgan fingerprint density at radius 1 is 1.05 bits per heavy atom. The van der Waals surface area contributed by atoms with Crippen LogP contribution in [0.25, 0.3) is 0 Å². The summed E-state index contributed by atoms with van der Waals surface area (Å²) >= 11 is 6.03. The van der Waals surface area contributed by atoms with Gasteiger partial charge in [0.1, 0.15) is 0 Å². The number of hydrogen-bond donors (Lipinski definition) is 1. The fraction of sp³-hybridized carbons (Fsp3) is 0.684. The summed E-state index contributed by atoms with van der Waals surface area (Å²) in [5.74, 6) is 1.45. The second-order valence-corrected chi connectivity index (χ2v) is 6.54. The molecule has 2 unspecified atom stereocenters. The van der Waals surface area contributed by atoms with Gasteiger partial charge in [-0.2, -0.15) is 0 Å². The molecule has 1 aromatic carbocycles. The maximum Gasteiger partial charge on any atom is 0.0406 e. The summed E-state index contributed by atoms with van der Waals surface area (Å²) < 4.78 is 0. The maximum atomic E-state index is 6.03. The van der Waals surface area contributed by atoms with Gasteiger partial charge in [0.25, 0.3) is 0 Å². The smallest absolute Gasteiger partial charge is 0.0406 e. The largest absolute Gasteiger partial charge is 0.316 e. The van der Waals surface area contributed by atoms with Crippen molar-refractivity contribution in [3.63, 3.8) is 0 Å². The van der Waals surface area contributed by atoms with E-state index in [9.17, 15) is 0 Å². The minimum Gasteiger partial charge on any atom is -0.316 e. The van der Waals surface area contributed by atoms with Crippen molar-refractivity contribution >= 4 is 11.6 Å². The molecule has 0 heterocycles. The average Bonchev–Trinajstić information content (AvgIpc) is 2.51. The third-order valence-electron chi connectivity index (χ3n) is 4.32. The Morgan fingerprint density at radius 2 is 1.76 bits per heavy atom. The minimum atomic E-state index is 0.607. The normalized spacial score (nSPS) is 14.1. The number of unbranched alkanes of at least 4 members (excludes halogenated alkanes) is 1. The van der Waals surface area contributed by atoms with Crippen LogP contribution in [-0.4, -0.2) is 13.1 Å². The van der Waals surface area contributed by atoms with Crippen LogP contribution in [0.15, 0.2) is 24.3 Å². The van der Waals surface area contributed by atoms with Crippen LogP contribution in [0.3, 0.4) is 0 Å². The monoisotopic (exact) mass is 309 g/mol. The average molecular weight is 310 g/mol. The van der Waals surface area contributed by atoms with Gasteiger partial charge in [0.05, 0.1) is 0 Å². The zero-order chi connectivity index (χ0) is 15.5. The molecule has 0 aliphatic carbocycles. The summed E-state index contributed by atoms with van der Waals surface area (Å²) in [4.78, 5) is 0. The van der Waals surface area contributed by atoms with Crippen LogP contribution in [0.1, 0.15) is 70.8 Å².